The van der Waals surface area contributed by atoms with Gasteiger partial charge in [-0.2, -0.15) is 0 Å². The van der Waals surface area contributed by atoms with Gasteiger partial charge in [0.1, 0.15) is 5.03 Å². The van der Waals surface area contributed by atoms with Gasteiger partial charge in [0, 0.05) is 5.75 Å². The van der Waals surface area contributed by atoms with Gasteiger partial charge in [-0.1, -0.05) is 31.9 Å². The summed E-state index contributed by atoms with van der Waals surface area (Å²) in [6, 6.07) is 0. The average molecular weight is 251 g/mol. The lowest BCUT2D eigenvalue weighted by atomic mass is 10.2. The fraction of sp³-hybridized carbons (Fsp3) is 0.556. The Kier molecular flexibility index (Phi) is 4.99. The molecular weight excluding hydrogens is 239 g/mol. The van der Waals surface area contributed by atoms with Gasteiger partial charge >= 0.3 is 0 Å². The predicted octanol–water partition coefficient (Wildman–Crippen LogP) is 3.92. The highest BCUT2D eigenvalue weighted by atomic mass is 35.5. The summed E-state index contributed by atoms with van der Waals surface area (Å²) >= 11 is 13.2. The van der Waals surface area contributed by atoms with E-state index < -0.39 is 0 Å². The Morgan fingerprint density at radius 3 is 2.86 bits per heavy atom. The molecule has 2 nitrogen and oxygen atoms in total. The van der Waals surface area contributed by atoms with Gasteiger partial charge in [-0.05, 0) is 17.5 Å². The Bertz CT molecular complexity index is 307. The average Bonchev–Trinajstić information content (AvgIpc) is 2.19. The van der Waals surface area contributed by atoms with Crippen LogP contribution in [-0.2, 0) is 0 Å². The molecule has 5 heteroatoms. The largest absolute Gasteiger partial charge is 0.225 e. The van der Waals surface area contributed by atoms with E-state index in [0.717, 1.165) is 17.2 Å². The Balaban J connectivity index is 2.62. The molecule has 0 amide bonds. The Morgan fingerprint density at radius 2 is 2.21 bits per heavy atom. The summed E-state index contributed by atoms with van der Waals surface area (Å²) < 4.78 is 0. The maximum Gasteiger partial charge on any atom is 0.223 e. The highest BCUT2D eigenvalue weighted by Gasteiger charge is 2.07. The second-order valence-electron chi connectivity index (χ2n) is 3.12. The molecule has 78 valence electrons. The third-order valence-corrected chi connectivity index (χ3v) is 3.78. The lowest BCUT2D eigenvalue weighted by Gasteiger charge is -2.07. The first-order chi connectivity index (χ1) is 6.63. The molecule has 1 unspecified atom stereocenters. The number of hydrogen-bond acceptors (Lipinski definition) is 3. The van der Waals surface area contributed by atoms with E-state index in [4.69, 9.17) is 23.2 Å². The summed E-state index contributed by atoms with van der Waals surface area (Å²) in [6.45, 7) is 4.36. The van der Waals surface area contributed by atoms with E-state index in [9.17, 15) is 0 Å². The van der Waals surface area contributed by atoms with Crippen molar-refractivity contribution in [2.75, 3.05) is 5.75 Å². The standard InChI is InChI=1S/C9H12Cl2N2S/c1-3-6(2)5-14-8-7(10)4-12-9(11)13-8/h4,6H,3,5H2,1-2H3. The van der Waals surface area contributed by atoms with E-state index in [2.05, 4.69) is 23.8 Å². The highest BCUT2D eigenvalue weighted by Crippen LogP contribution is 2.27. The van der Waals surface area contributed by atoms with E-state index in [1.54, 1.807) is 11.8 Å². The molecule has 1 rings (SSSR count). The smallest absolute Gasteiger partial charge is 0.223 e. The van der Waals surface area contributed by atoms with Crippen LogP contribution in [0.5, 0.6) is 0 Å². The predicted molar refractivity (Wildman–Crippen MR) is 62.2 cm³/mol. The van der Waals surface area contributed by atoms with Gasteiger partial charge in [-0.25, -0.2) is 9.97 Å². The highest BCUT2D eigenvalue weighted by molar-refractivity contribution is 7.99. The van der Waals surface area contributed by atoms with Crippen molar-refractivity contribution >= 4 is 35.0 Å². The molecule has 1 aromatic heterocycles. The van der Waals surface area contributed by atoms with Gasteiger partial charge in [0.25, 0.3) is 0 Å². The van der Waals surface area contributed by atoms with Crippen molar-refractivity contribution in [3.63, 3.8) is 0 Å². The van der Waals surface area contributed by atoms with Crippen molar-refractivity contribution in [2.45, 2.75) is 25.3 Å². The lowest BCUT2D eigenvalue weighted by Crippen LogP contribution is -1.96. The minimum atomic E-state index is 0.251. The van der Waals surface area contributed by atoms with Crippen molar-refractivity contribution in [3.05, 3.63) is 16.5 Å². The quantitative estimate of drug-likeness (QED) is 0.460. The van der Waals surface area contributed by atoms with Crippen LogP contribution in [0, 0.1) is 5.92 Å². The van der Waals surface area contributed by atoms with Gasteiger partial charge in [-0.3, -0.25) is 0 Å². The molecule has 0 fully saturated rings. The SMILES string of the molecule is CCC(C)CSc1nc(Cl)ncc1Cl. The molecule has 0 aliphatic rings. The summed E-state index contributed by atoms with van der Waals surface area (Å²) in [5, 5.41) is 1.59. The molecule has 0 saturated carbocycles. The minimum absolute atomic E-state index is 0.251. The van der Waals surface area contributed by atoms with Crippen LogP contribution in [-0.4, -0.2) is 15.7 Å². The zero-order valence-corrected chi connectivity index (χ0v) is 10.5. The van der Waals surface area contributed by atoms with Crippen molar-refractivity contribution in [1.82, 2.24) is 9.97 Å². The summed E-state index contributed by atoms with van der Waals surface area (Å²) in [6.07, 6.45) is 2.69. The molecule has 0 aromatic carbocycles. The van der Waals surface area contributed by atoms with Crippen molar-refractivity contribution in [2.24, 2.45) is 5.92 Å². The molecule has 0 bridgehead atoms. The molecule has 1 aromatic rings. The summed E-state index contributed by atoms with van der Waals surface area (Å²) in [7, 11) is 0. The fourth-order valence-corrected chi connectivity index (χ4v) is 2.23. The van der Waals surface area contributed by atoms with E-state index in [1.807, 2.05) is 0 Å². The Labute approximate surface area is 98.4 Å². The number of aromatic nitrogens is 2. The van der Waals surface area contributed by atoms with Crippen LogP contribution in [0.3, 0.4) is 0 Å². The molecule has 0 aliphatic heterocycles. The van der Waals surface area contributed by atoms with E-state index in [1.165, 1.54) is 6.20 Å². The van der Waals surface area contributed by atoms with Crippen LogP contribution in [0.4, 0.5) is 0 Å². The molecule has 1 atom stereocenters. The molecule has 1 heterocycles. The van der Waals surface area contributed by atoms with E-state index in [0.29, 0.717) is 10.9 Å². The molecule has 14 heavy (non-hydrogen) atoms. The number of rotatable bonds is 4. The maximum absolute atomic E-state index is 5.92. The minimum Gasteiger partial charge on any atom is -0.225 e. The van der Waals surface area contributed by atoms with Gasteiger partial charge < -0.3 is 0 Å². The first-order valence-electron chi connectivity index (χ1n) is 4.44. The molecule has 0 spiro atoms. The zero-order chi connectivity index (χ0) is 10.6. The van der Waals surface area contributed by atoms with E-state index in [-0.39, 0.29) is 5.28 Å². The third kappa shape index (κ3) is 3.64. The summed E-state index contributed by atoms with van der Waals surface area (Å²) in [5.41, 5.74) is 0. The van der Waals surface area contributed by atoms with Gasteiger partial charge in [-0.15, -0.1) is 11.8 Å². The molecule has 0 N–H and O–H groups in total. The third-order valence-electron chi connectivity index (χ3n) is 1.88. The van der Waals surface area contributed by atoms with Crippen LogP contribution in [0.15, 0.2) is 11.2 Å². The van der Waals surface area contributed by atoms with Crippen molar-refractivity contribution < 1.29 is 0 Å². The summed E-state index contributed by atoms with van der Waals surface area (Å²) in [4.78, 5) is 7.86. The van der Waals surface area contributed by atoms with Gasteiger partial charge in [0.2, 0.25) is 5.28 Å². The fourth-order valence-electron chi connectivity index (χ4n) is 0.771. The monoisotopic (exact) mass is 250 g/mol. The van der Waals surface area contributed by atoms with Gasteiger partial charge in [0.15, 0.2) is 0 Å². The second-order valence-corrected chi connectivity index (χ2v) is 4.87. The van der Waals surface area contributed by atoms with Crippen molar-refractivity contribution in [3.8, 4) is 0 Å². The van der Waals surface area contributed by atoms with Crippen LogP contribution in [0.2, 0.25) is 10.3 Å². The molecule has 0 radical (unpaired) electrons. The Hall–Kier alpha value is 0.01000. The first-order valence-corrected chi connectivity index (χ1v) is 6.18. The summed E-state index contributed by atoms with van der Waals surface area (Å²) in [5.74, 6) is 1.66. The van der Waals surface area contributed by atoms with Crippen LogP contribution in [0.25, 0.3) is 0 Å². The lowest BCUT2D eigenvalue weighted by molar-refractivity contribution is 0.636. The second kappa shape index (κ2) is 5.79. The molecular formula is C9H12Cl2N2S. The molecule has 0 aliphatic carbocycles. The maximum atomic E-state index is 5.92. The van der Waals surface area contributed by atoms with Crippen LogP contribution >= 0.6 is 35.0 Å². The number of thioether (sulfide) groups is 1. The van der Waals surface area contributed by atoms with Gasteiger partial charge in [0.05, 0.1) is 11.2 Å². The van der Waals surface area contributed by atoms with Crippen molar-refractivity contribution in [1.29, 1.82) is 0 Å². The number of halogens is 2. The number of hydrogen-bond donors (Lipinski definition) is 0. The van der Waals surface area contributed by atoms with E-state index >= 15 is 0 Å². The van der Waals surface area contributed by atoms with Crippen LogP contribution < -0.4 is 0 Å². The number of nitrogens with zero attached hydrogens (tertiary/aromatic N) is 2. The Morgan fingerprint density at radius 1 is 1.50 bits per heavy atom. The first kappa shape index (κ1) is 12.1. The van der Waals surface area contributed by atoms with Crippen LogP contribution in [0.1, 0.15) is 20.3 Å². The topological polar surface area (TPSA) is 25.8 Å². The normalized spacial score (nSPS) is 12.9. The molecule has 0 saturated heterocycles. The zero-order valence-electron chi connectivity index (χ0n) is 8.13.